The number of hydrogen-bond acceptors (Lipinski definition) is 1. The van der Waals surface area contributed by atoms with Crippen LogP contribution in [0.25, 0.3) is 0 Å². The second-order valence-corrected chi connectivity index (χ2v) is 3.47. The lowest BCUT2D eigenvalue weighted by atomic mass is 10.1. The van der Waals surface area contributed by atoms with E-state index in [9.17, 15) is 17.6 Å². The second-order valence-electron chi connectivity index (χ2n) is 3.47. The monoisotopic (exact) mass is 235 g/mol. The Labute approximate surface area is 91.0 Å². The summed E-state index contributed by atoms with van der Waals surface area (Å²) in [6.45, 7) is 3.34. The van der Waals surface area contributed by atoms with Gasteiger partial charge in [0.1, 0.15) is 0 Å². The Morgan fingerprint density at radius 2 is 1.62 bits per heavy atom. The summed E-state index contributed by atoms with van der Waals surface area (Å²) >= 11 is 0. The molecule has 0 unspecified atom stereocenters. The number of rotatable bonds is 4. The minimum absolute atomic E-state index is 0.117. The number of halogens is 4. The van der Waals surface area contributed by atoms with Gasteiger partial charge in [0.15, 0.2) is 23.3 Å². The van der Waals surface area contributed by atoms with Gasteiger partial charge in [-0.15, -0.1) is 0 Å². The third-order valence-electron chi connectivity index (χ3n) is 1.86. The highest BCUT2D eigenvalue weighted by molar-refractivity contribution is 5.28. The van der Waals surface area contributed by atoms with Crippen molar-refractivity contribution in [1.29, 1.82) is 0 Å². The highest BCUT2D eigenvalue weighted by Crippen LogP contribution is 2.20. The zero-order valence-corrected chi connectivity index (χ0v) is 8.86. The molecule has 0 atom stereocenters. The zero-order chi connectivity index (χ0) is 12.3. The van der Waals surface area contributed by atoms with E-state index in [-0.39, 0.29) is 18.8 Å². The second kappa shape index (κ2) is 5.30. The molecular formula is C11H11F4O. The number of benzene rings is 1. The van der Waals surface area contributed by atoms with Crippen LogP contribution in [0.4, 0.5) is 17.6 Å². The van der Waals surface area contributed by atoms with Crippen molar-refractivity contribution in [3.63, 3.8) is 0 Å². The van der Waals surface area contributed by atoms with Crippen LogP contribution in [0, 0.1) is 29.7 Å². The molecule has 0 saturated heterocycles. The first-order valence-electron chi connectivity index (χ1n) is 4.71. The summed E-state index contributed by atoms with van der Waals surface area (Å²) in [5, 5.41) is 0. The Morgan fingerprint density at radius 3 is 2.06 bits per heavy atom. The van der Waals surface area contributed by atoms with Crippen LogP contribution in [-0.4, -0.2) is 12.7 Å². The Balaban J connectivity index is 2.86. The van der Waals surface area contributed by atoms with Crippen LogP contribution < -0.4 is 0 Å². The standard InChI is InChI=1S/C11H11F4O/c1-6(2)16-4-3-7-10(14)8(12)5-9(13)11(7)15/h3,5-6H,4H2,1-2H3. The van der Waals surface area contributed by atoms with Crippen molar-refractivity contribution in [2.45, 2.75) is 20.0 Å². The molecule has 0 N–H and O–H groups in total. The van der Waals surface area contributed by atoms with E-state index in [2.05, 4.69) is 0 Å². The van der Waals surface area contributed by atoms with Crippen molar-refractivity contribution in [2.75, 3.05) is 6.61 Å². The molecular weight excluding hydrogens is 224 g/mol. The van der Waals surface area contributed by atoms with E-state index >= 15 is 0 Å². The molecule has 0 heterocycles. The van der Waals surface area contributed by atoms with Crippen molar-refractivity contribution in [3.8, 4) is 0 Å². The van der Waals surface area contributed by atoms with Crippen molar-refractivity contribution < 1.29 is 22.3 Å². The molecule has 1 nitrogen and oxygen atoms in total. The van der Waals surface area contributed by atoms with Gasteiger partial charge < -0.3 is 4.74 Å². The van der Waals surface area contributed by atoms with Crippen molar-refractivity contribution in [3.05, 3.63) is 41.3 Å². The van der Waals surface area contributed by atoms with E-state index in [1.54, 1.807) is 13.8 Å². The topological polar surface area (TPSA) is 9.23 Å². The molecule has 0 bridgehead atoms. The molecule has 0 spiro atoms. The third kappa shape index (κ3) is 2.95. The Bertz CT molecular complexity index is 350. The molecule has 0 aliphatic heterocycles. The summed E-state index contributed by atoms with van der Waals surface area (Å²) in [6, 6.07) is 0.172. The van der Waals surface area contributed by atoms with Gasteiger partial charge >= 0.3 is 0 Å². The van der Waals surface area contributed by atoms with Gasteiger partial charge in [-0.05, 0) is 13.8 Å². The summed E-state index contributed by atoms with van der Waals surface area (Å²) in [4.78, 5) is 0. The maximum atomic E-state index is 13.1. The minimum Gasteiger partial charge on any atom is -0.378 e. The normalized spacial score (nSPS) is 11.2. The largest absolute Gasteiger partial charge is 0.378 e. The van der Waals surface area contributed by atoms with Gasteiger partial charge in [0.05, 0.1) is 12.7 Å². The Morgan fingerprint density at radius 1 is 1.12 bits per heavy atom. The van der Waals surface area contributed by atoms with Crippen LogP contribution in [0.15, 0.2) is 6.07 Å². The predicted molar refractivity (Wildman–Crippen MR) is 50.8 cm³/mol. The van der Waals surface area contributed by atoms with Crippen LogP contribution in [0.1, 0.15) is 19.4 Å². The van der Waals surface area contributed by atoms with Crippen LogP contribution in [0.5, 0.6) is 0 Å². The summed E-state index contributed by atoms with van der Waals surface area (Å²) in [5.41, 5.74) is -0.738. The van der Waals surface area contributed by atoms with Gasteiger partial charge in [0, 0.05) is 18.1 Å². The van der Waals surface area contributed by atoms with Gasteiger partial charge in [-0.2, -0.15) is 0 Å². The molecule has 0 saturated carbocycles. The molecule has 0 aliphatic carbocycles. The highest BCUT2D eigenvalue weighted by atomic mass is 19.2. The number of hydrogen-bond donors (Lipinski definition) is 0. The third-order valence-corrected chi connectivity index (χ3v) is 1.86. The van der Waals surface area contributed by atoms with Crippen LogP contribution in [0.2, 0.25) is 0 Å². The first kappa shape index (κ1) is 13.0. The fourth-order valence-electron chi connectivity index (χ4n) is 1.09. The molecule has 89 valence electrons. The van der Waals surface area contributed by atoms with Gasteiger partial charge in [-0.3, -0.25) is 0 Å². The van der Waals surface area contributed by atoms with Crippen molar-refractivity contribution >= 4 is 0 Å². The van der Waals surface area contributed by atoms with Crippen LogP contribution >= 0.6 is 0 Å². The molecule has 0 amide bonds. The van der Waals surface area contributed by atoms with E-state index in [1.807, 2.05) is 0 Å². The van der Waals surface area contributed by atoms with Gasteiger partial charge in [0.2, 0.25) is 0 Å². The minimum atomic E-state index is -1.42. The van der Waals surface area contributed by atoms with Crippen molar-refractivity contribution in [2.24, 2.45) is 0 Å². The molecule has 5 heteroatoms. The van der Waals surface area contributed by atoms with E-state index < -0.39 is 28.8 Å². The Hall–Kier alpha value is -1.10. The van der Waals surface area contributed by atoms with E-state index in [0.717, 1.165) is 6.42 Å². The van der Waals surface area contributed by atoms with Crippen molar-refractivity contribution in [1.82, 2.24) is 0 Å². The summed E-state index contributed by atoms with van der Waals surface area (Å²) in [6.07, 6.45) is 0.831. The molecule has 1 radical (unpaired) electrons. The maximum absolute atomic E-state index is 13.1. The lowest BCUT2D eigenvalue weighted by Crippen LogP contribution is -2.08. The fourth-order valence-corrected chi connectivity index (χ4v) is 1.09. The summed E-state index contributed by atoms with van der Waals surface area (Å²) in [5.74, 6) is -5.66. The lowest BCUT2D eigenvalue weighted by molar-refractivity contribution is 0.0964. The Kier molecular flexibility index (Phi) is 4.29. The predicted octanol–water partition coefficient (Wildman–Crippen LogP) is 3.22. The molecule has 1 aromatic rings. The first-order chi connectivity index (χ1) is 7.43. The average Bonchev–Trinajstić information content (AvgIpc) is 2.20. The van der Waals surface area contributed by atoms with Gasteiger partial charge in [-0.1, -0.05) is 0 Å². The van der Waals surface area contributed by atoms with Crippen LogP contribution in [-0.2, 0) is 4.74 Å². The first-order valence-corrected chi connectivity index (χ1v) is 4.71. The van der Waals surface area contributed by atoms with Crippen LogP contribution in [0.3, 0.4) is 0 Å². The molecule has 1 aromatic carbocycles. The highest BCUT2D eigenvalue weighted by Gasteiger charge is 2.18. The fraction of sp³-hybridized carbons (Fsp3) is 0.364. The van der Waals surface area contributed by atoms with E-state index in [1.165, 1.54) is 0 Å². The van der Waals surface area contributed by atoms with Gasteiger partial charge in [-0.25, -0.2) is 17.6 Å². The molecule has 0 fully saturated rings. The number of ether oxygens (including phenoxy) is 1. The van der Waals surface area contributed by atoms with E-state index in [4.69, 9.17) is 4.74 Å². The average molecular weight is 235 g/mol. The lowest BCUT2D eigenvalue weighted by Gasteiger charge is -2.09. The molecule has 0 aromatic heterocycles. The smallest absolute Gasteiger partial charge is 0.165 e. The zero-order valence-electron chi connectivity index (χ0n) is 8.86. The summed E-state index contributed by atoms with van der Waals surface area (Å²) < 4.78 is 56.7. The summed E-state index contributed by atoms with van der Waals surface area (Å²) in [7, 11) is 0. The maximum Gasteiger partial charge on any atom is 0.165 e. The molecule has 0 aliphatic rings. The van der Waals surface area contributed by atoms with Gasteiger partial charge in [0.25, 0.3) is 0 Å². The quantitative estimate of drug-likeness (QED) is 0.575. The molecule has 1 rings (SSSR count). The molecule has 16 heavy (non-hydrogen) atoms. The van der Waals surface area contributed by atoms with E-state index in [0.29, 0.717) is 0 Å². The SMILES string of the molecule is CC(C)OC[CH]c1c(F)c(F)cc(F)c1F.